The minimum absolute atomic E-state index is 0.0400. The minimum atomic E-state index is -0.227. The van der Waals surface area contributed by atoms with Crippen LogP contribution in [0.2, 0.25) is 0 Å². The first kappa shape index (κ1) is 12.0. The number of ketones is 1. The molecule has 1 heterocycles. The van der Waals surface area contributed by atoms with Crippen LogP contribution in [-0.2, 0) is 0 Å². The molecule has 17 heavy (non-hydrogen) atoms. The number of carbonyl (C=O) groups is 1. The number of nitrogens with zero attached hydrogens (tertiary/aromatic N) is 2. The van der Waals surface area contributed by atoms with Gasteiger partial charge in [-0.2, -0.15) is 4.98 Å². The number of hydrogen-bond donors (Lipinski definition) is 0. The average molecular weight is 295 g/mol. The molecule has 0 amide bonds. The summed E-state index contributed by atoms with van der Waals surface area (Å²) >= 11 is 3.50. The Kier molecular flexibility index (Phi) is 3.11. The molecule has 0 saturated carbocycles. The van der Waals surface area contributed by atoms with Gasteiger partial charge in [0.05, 0.1) is 0 Å². The van der Waals surface area contributed by atoms with Crippen molar-refractivity contribution in [2.75, 3.05) is 0 Å². The molecule has 1 aromatic carbocycles. The molecule has 0 fully saturated rings. The van der Waals surface area contributed by atoms with Crippen molar-refractivity contribution in [1.29, 1.82) is 0 Å². The van der Waals surface area contributed by atoms with E-state index < -0.39 is 0 Å². The Balaban J connectivity index is 2.49. The molecule has 0 N–H and O–H groups in total. The summed E-state index contributed by atoms with van der Waals surface area (Å²) in [6, 6.07) is 3.90. The van der Waals surface area contributed by atoms with Gasteiger partial charge in [-0.15, -0.1) is 0 Å². The normalized spacial score (nSPS) is 10.6. The van der Waals surface area contributed by atoms with Crippen molar-refractivity contribution < 1.29 is 9.32 Å². The fourth-order valence-electron chi connectivity index (χ4n) is 1.56. The number of halogens is 1. The Hall–Kier alpha value is -1.49. The molecule has 0 aliphatic carbocycles. The van der Waals surface area contributed by atoms with Crippen LogP contribution in [0, 0.1) is 13.8 Å². The highest BCUT2D eigenvalue weighted by Crippen LogP contribution is 2.27. The molecule has 0 radical (unpaired) electrons. The van der Waals surface area contributed by atoms with E-state index in [4.69, 9.17) is 4.52 Å². The van der Waals surface area contributed by atoms with E-state index in [1.54, 1.807) is 0 Å². The standard InChI is InChI=1S/C12H11BrN2O2/c1-6-4-9(5-7(2)10(6)13)11-14-12(8(3)16)17-15-11/h4-5H,1-3H3. The van der Waals surface area contributed by atoms with Crippen LogP contribution in [-0.4, -0.2) is 15.9 Å². The number of benzene rings is 1. The molecule has 0 saturated heterocycles. The van der Waals surface area contributed by atoms with Crippen LogP contribution in [0.5, 0.6) is 0 Å². The van der Waals surface area contributed by atoms with Gasteiger partial charge in [-0.05, 0) is 37.1 Å². The molecule has 0 bridgehead atoms. The maximum absolute atomic E-state index is 11.1. The van der Waals surface area contributed by atoms with Gasteiger partial charge >= 0.3 is 0 Å². The summed E-state index contributed by atoms with van der Waals surface area (Å²) in [6.07, 6.45) is 0. The maximum atomic E-state index is 11.1. The van der Waals surface area contributed by atoms with Gasteiger partial charge in [0.2, 0.25) is 11.6 Å². The van der Waals surface area contributed by atoms with Crippen molar-refractivity contribution >= 4 is 21.7 Å². The van der Waals surface area contributed by atoms with Gasteiger partial charge in [-0.25, -0.2) is 0 Å². The first-order valence-electron chi connectivity index (χ1n) is 5.11. The first-order chi connectivity index (χ1) is 7.99. The van der Waals surface area contributed by atoms with Crippen molar-refractivity contribution in [3.8, 4) is 11.4 Å². The average Bonchev–Trinajstić information content (AvgIpc) is 2.74. The fourth-order valence-corrected chi connectivity index (χ4v) is 1.79. The lowest BCUT2D eigenvalue weighted by Gasteiger charge is -2.04. The van der Waals surface area contributed by atoms with E-state index in [0.29, 0.717) is 5.82 Å². The fraction of sp³-hybridized carbons (Fsp3) is 0.250. The van der Waals surface area contributed by atoms with Crippen molar-refractivity contribution in [1.82, 2.24) is 10.1 Å². The van der Waals surface area contributed by atoms with Gasteiger partial charge in [0.25, 0.3) is 5.89 Å². The molecule has 0 aliphatic heterocycles. The molecule has 4 nitrogen and oxygen atoms in total. The Labute approximate surface area is 107 Å². The van der Waals surface area contributed by atoms with Crippen molar-refractivity contribution in [2.24, 2.45) is 0 Å². The van der Waals surface area contributed by atoms with E-state index in [1.165, 1.54) is 6.92 Å². The lowest BCUT2D eigenvalue weighted by molar-refractivity contribution is 0.0972. The zero-order valence-corrected chi connectivity index (χ0v) is 11.3. The third-order valence-corrected chi connectivity index (χ3v) is 3.67. The van der Waals surface area contributed by atoms with Crippen LogP contribution < -0.4 is 0 Å². The summed E-state index contributed by atoms with van der Waals surface area (Å²) in [5.41, 5.74) is 3.03. The van der Waals surface area contributed by atoms with E-state index in [-0.39, 0.29) is 11.7 Å². The molecule has 0 spiro atoms. The SMILES string of the molecule is CC(=O)c1nc(-c2cc(C)c(Br)c(C)c2)no1. The number of rotatable bonds is 2. The van der Waals surface area contributed by atoms with E-state index in [0.717, 1.165) is 21.2 Å². The zero-order chi connectivity index (χ0) is 12.6. The van der Waals surface area contributed by atoms with Crippen molar-refractivity contribution in [3.05, 3.63) is 33.6 Å². The van der Waals surface area contributed by atoms with Crippen LogP contribution >= 0.6 is 15.9 Å². The van der Waals surface area contributed by atoms with Crippen LogP contribution in [0.25, 0.3) is 11.4 Å². The second kappa shape index (κ2) is 4.41. The number of aryl methyl sites for hydroxylation is 2. The summed E-state index contributed by atoms with van der Waals surface area (Å²) in [6.45, 7) is 5.38. The van der Waals surface area contributed by atoms with Gasteiger partial charge in [0, 0.05) is 17.0 Å². The van der Waals surface area contributed by atoms with Gasteiger partial charge < -0.3 is 4.52 Å². The quantitative estimate of drug-likeness (QED) is 0.797. The molecule has 0 aliphatic rings. The van der Waals surface area contributed by atoms with E-state index >= 15 is 0 Å². The molecular formula is C12H11BrN2O2. The summed E-state index contributed by atoms with van der Waals surface area (Å²) in [5.74, 6) is 0.251. The predicted octanol–water partition coefficient (Wildman–Crippen LogP) is 3.32. The third-order valence-electron chi connectivity index (χ3n) is 2.42. The first-order valence-corrected chi connectivity index (χ1v) is 5.90. The zero-order valence-electron chi connectivity index (χ0n) is 9.74. The smallest absolute Gasteiger partial charge is 0.294 e. The maximum Gasteiger partial charge on any atom is 0.294 e. The second-order valence-electron chi connectivity index (χ2n) is 3.90. The highest BCUT2D eigenvalue weighted by Gasteiger charge is 2.13. The Morgan fingerprint density at radius 2 is 1.88 bits per heavy atom. The molecule has 0 unspecified atom stereocenters. The number of Topliss-reactive ketones (excluding diaryl/α,β-unsaturated/α-hetero) is 1. The van der Waals surface area contributed by atoms with Crippen LogP contribution in [0.15, 0.2) is 21.1 Å². The Bertz CT molecular complexity index is 567. The summed E-state index contributed by atoms with van der Waals surface area (Å²) in [7, 11) is 0. The number of carbonyl (C=O) groups excluding carboxylic acids is 1. The van der Waals surface area contributed by atoms with Crippen LogP contribution in [0.3, 0.4) is 0 Å². The summed E-state index contributed by atoms with van der Waals surface area (Å²) < 4.78 is 5.93. The molecule has 5 heteroatoms. The van der Waals surface area contributed by atoms with E-state index in [2.05, 4.69) is 26.1 Å². The molecule has 2 aromatic rings. The lowest BCUT2D eigenvalue weighted by atomic mass is 10.1. The summed E-state index contributed by atoms with van der Waals surface area (Å²) in [5, 5.41) is 3.80. The topological polar surface area (TPSA) is 56.0 Å². The lowest BCUT2D eigenvalue weighted by Crippen LogP contribution is -1.92. The molecule has 88 valence electrons. The highest BCUT2D eigenvalue weighted by atomic mass is 79.9. The van der Waals surface area contributed by atoms with Crippen LogP contribution in [0.4, 0.5) is 0 Å². The van der Waals surface area contributed by atoms with Crippen LogP contribution in [0.1, 0.15) is 28.7 Å². The largest absolute Gasteiger partial charge is 0.330 e. The second-order valence-corrected chi connectivity index (χ2v) is 4.70. The minimum Gasteiger partial charge on any atom is -0.330 e. The number of hydrogen-bond acceptors (Lipinski definition) is 4. The third kappa shape index (κ3) is 2.29. The van der Waals surface area contributed by atoms with Gasteiger partial charge in [-0.1, -0.05) is 21.1 Å². The molecule has 1 aromatic heterocycles. The van der Waals surface area contributed by atoms with E-state index in [9.17, 15) is 4.79 Å². The van der Waals surface area contributed by atoms with Crippen molar-refractivity contribution in [3.63, 3.8) is 0 Å². The van der Waals surface area contributed by atoms with Gasteiger partial charge in [0.1, 0.15) is 0 Å². The van der Waals surface area contributed by atoms with E-state index in [1.807, 2.05) is 26.0 Å². The number of aromatic nitrogens is 2. The van der Waals surface area contributed by atoms with Gasteiger partial charge in [-0.3, -0.25) is 4.79 Å². The highest BCUT2D eigenvalue weighted by molar-refractivity contribution is 9.10. The molecule has 0 atom stereocenters. The molecule has 2 rings (SSSR count). The Morgan fingerprint density at radius 1 is 1.29 bits per heavy atom. The summed E-state index contributed by atoms with van der Waals surface area (Å²) in [4.78, 5) is 15.1. The van der Waals surface area contributed by atoms with Crippen molar-refractivity contribution in [2.45, 2.75) is 20.8 Å². The predicted molar refractivity (Wildman–Crippen MR) is 66.9 cm³/mol. The monoisotopic (exact) mass is 294 g/mol. The Morgan fingerprint density at radius 3 is 2.35 bits per heavy atom. The molecular weight excluding hydrogens is 284 g/mol. The van der Waals surface area contributed by atoms with Gasteiger partial charge in [0.15, 0.2) is 0 Å².